The van der Waals surface area contributed by atoms with Gasteiger partial charge in [0.15, 0.2) is 11.9 Å². The Morgan fingerprint density at radius 1 is 1.17 bits per heavy atom. The number of methoxy groups -OCH3 is 2. The molecule has 0 spiro atoms. The smallest absolute Gasteiger partial charge is 0.408 e. The number of nitrogens with zero attached hydrogens (tertiary/aromatic N) is 1. The van der Waals surface area contributed by atoms with Crippen molar-refractivity contribution in [2.45, 2.75) is 44.9 Å². The van der Waals surface area contributed by atoms with Crippen molar-refractivity contribution in [2.24, 2.45) is 0 Å². The number of amides is 1. The summed E-state index contributed by atoms with van der Waals surface area (Å²) >= 11 is 5.86. The molecule has 1 aromatic carbocycles. The van der Waals surface area contributed by atoms with Crippen LogP contribution in [0.4, 0.5) is 10.5 Å². The zero-order valence-electron chi connectivity index (χ0n) is 17.1. The highest BCUT2D eigenvalue weighted by Gasteiger charge is 2.34. The van der Waals surface area contributed by atoms with Gasteiger partial charge in [-0.25, -0.2) is 14.4 Å². The second-order valence-corrected chi connectivity index (χ2v) is 7.39. The van der Waals surface area contributed by atoms with Crippen LogP contribution in [-0.4, -0.2) is 54.9 Å². The molecule has 166 valence electrons. The average Bonchev–Trinajstić information content (AvgIpc) is 2.63. The van der Waals surface area contributed by atoms with Gasteiger partial charge < -0.3 is 24.3 Å². The minimum atomic E-state index is -1.51. The van der Waals surface area contributed by atoms with Crippen LogP contribution in [0.15, 0.2) is 18.2 Å². The molecule has 0 saturated carbocycles. The molecule has 30 heavy (non-hydrogen) atoms. The molecule has 0 aromatic heterocycles. The van der Waals surface area contributed by atoms with E-state index >= 15 is 0 Å². The summed E-state index contributed by atoms with van der Waals surface area (Å²) in [7, 11) is 2.15. The predicted molar refractivity (Wildman–Crippen MR) is 104 cm³/mol. The summed E-state index contributed by atoms with van der Waals surface area (Å²) in [5.74, 6) is -2.15. The number of hydrogen-bond acceptors (Lipinski definition) is 9. The maximum absolute atomic E-state index is 12.2. The van der Waals surface area contributed by atoms with E-state index in [1.54, 1.807) is 20.8 Å². The van der Waals surface area contributed by atoms with Gasteiger partial charge in [0, 0.05) is 23.6 Å². The number of halogens is 1. The second-order valence-electron chi connectivity index (χ2n) is 6.96. The highest BCUT2D eigenvalue weighted by atomic mass is 35.5. The Morgan fingerprint density at radius 3 is 2.27 bits per heavy atom. The van der Waals surface area contributed by atoms with E-state index < -0.39 is 52.8 Å². The van der Waals surface area contributed by atoms with E-state index in [4.69, 9.17) is 21.1 Å². The second kappa shape index (κ2) is 10.6. The van der Waals surface area contributed by atoms with E-state index in [0.29, 0.717) is 0 Å². The van der Waals surface area contributed by atoms with Crippen molar-refractivity contribution in [3.63, 3.8) is 0 Å². The zero-order chi connectivity index (χ0) is 23.1. The molecule has 0 aliphatic carbocycles. The maximum Gasteiger partial charge on any atom is 0.408 e. The lowest BCUT2D eigenvalue weighted by Gasteiger charge is -2.24. The molecule has 1 N–H and O–H groups in total. The lowest BCUT2D eigenvalue weighted by Crippen LogP contribution is -2.47. The lowest BCUT2D eigenvalue weighted by molar-refractivity contribution is -0.386. The lowest BCUT2D eigenvalue weighted by atomic mass is 10.1. The summed E-state index contributed by atoms with van der Waals surface area (Å²) in [5, 5.41) is 13.6. The van der Waals surface area contributed by atoms with Crippen molar-refractivity contribution in [1.29, 1.82) is 0 Å². The normalized spacial score (nSPS) is 12.9. The van der Waals surface area contributed by atoms with Gasteiger partial charge in [-0.3, -0.25) is 10.1 Å². The first kappa shape index (κ1) is 25.0. The first-order valence-electron chi connectivity index (χ1n) is 8.63. The fraction of sp³-hybridized carbons (Fsp3) is 0.500. The number of rotatable bonds is 8. The van der Waals surface area contributed by atoms with Gasteiger partial charge in [-0.15, -0.1) is 0 Å². The Kier molecular flexibility index (Phi) is 8.84. The number of hydrogen-bond donors (Lipinski definition) is 1. The molecular weight excluding hydrogens is 424 g/mol. The van der Waals surface area contributed by atoms with Gasteiger partial charge in [-0.05, 0) is 26.8 Å². The molecule has 11 nitrogen and oxygen atoms in total. The summed E-state index contributed by atoms with van der Waals surface area (Å²) in [6.07, 6.45) is -2.90. The number of carbonyl (C=O) groups excluding carboxylic acids is 3. The number of carbonyl (C=O) groups is 3. The van der Waals surface area contributed by atoms with Gasteiger partial charge in [-0.1, -0.05) is 11.6 Å². The summed E-state index contributed by atoms with van der Waals surface area (Å²) in [4.78, 5) is 46.9. The van der Waals surface area contributed by atoms with Crippen LogP contribution in [0.25, 0.3) is 0 Å². The molecule has 0 radical (unpaired) electrons. The van der Waals surface area contributed by atoms with E-state index in [0.717, 1.165) is 26.4 Å². The topological polar surface area (TPSA) is 143 Å². The van der Waals surface area contributed by atoms with Crippen molar-refractivity contribution in [2.75, 3.05) is 14.2 Å². The van der Waals surface area contributed by atoms with Crippen LogP contribution in [0.3, 0.4) is 0 Å². The number of nitro groups is 1. The van der Waals surface area contributed by atoms with Gasteiger partial charge in [0.05, 0.1) is 19.1 Å². The minimum absolute atomic E-state index is 0.121. The largest absolute Gasteiger partial charge is 0.471 e. The van der Waals surface area contributed by atoms with Crippen molar-refractivity contribution in [3.8, 4) is 5.75 Å². The van der Waals surface area contributed by atoms with E-state index in [2.05, 4.69) is 14.8 Å². The van der Waals surface area contributed by atoms with Crippen LogP contribution in [-0.2, 0) is 23.8 Å². The van der Waals surface area contributed by atoms with Crippen LogP contribution in [0.2, 0.25) is 5.02 Å². The molecule has 12 heteroatoms. The number of ether oxygens (including phenoxy) is 4. The number of nitro benzene ring substituents is 1. The minimum Gasteiger partial charge on any atom is -0.471 e. The third-order valence-corrected chi connectivity index (χ3v) is 3.71. The van der Waals surface area contributed by atoms with Gasteiger partial charge >= 0.3 is 23.7 Å². The Hall–Kier alpha value is -3.08. The summed E-state index contributed by atoms with van der Waals surface area (Å²) in [6, 6.07) is 2.15. The fourth-order valence-corrected chi connectivity index (χ4v) is 2.39. The Morgan fingerprint density at radius 2 is 1.77 bits per heavy atom. The van der Waals surface area contributed by atoms with Gasteiger partial charge in [0.2, 0.25) is 0 Å². The molecule has 2 atom stereocenters. The van der Waals surface area contributed by atoms with Crippen molar-refractivity contribution in [1.82, 2.24) is 5.32 Å². The molecule has 1 rings (SSSR count). The quantitative estimate of drug-likeness (QED) is 0.275. The Labute approximate surface area is 177 Å². The third kappa shape index (κ3) is 7.74. The molecule has 0 aliphatic rings. The molecular formula is C18H23ClN2O9. The molecule has 0 fully saturated rings. The van der Waals surface area contributed by atoms with Crippen LogP contribution in [0, 0.1) is 10.1 Å². The van der Waals surface area contributed by atoms with Crippen molar-refractivity contribution < 1.29 is 38.3 Å². The Bertz CT molecular complexity index is 807. The van der Waals surface area contributed by atoms with Crippen LogP contribution >= 0.6 is 11.6 Å². The van der Waals surface area contributed by atoms with Crippen LogP contribution in [0.1, 0.15) is 27.2 Å². The standard InChI is InChI=1S/C18H23ClN2O9/c1-18(2,3)30-17(24)20-11(15(22)27-4)9-14(16(23)28-5)29-13-8-10(19)6-7-12(13)21(25)26/h6-8,11,14H,9H2,1-5H3,(H,20,24)/t11-,14-/m0/s1. The Balaban J connectivity index is 3.16. The first-order valence-corrected chi connectivity index (χ1v) is 9.01. The van der Waals surface area contributed by atoms with E-state index in [-0.39, 0.29) is 10.8 Å². The maximum atomic E-state index is 12.2. The molecule has 1 aromatic rings. The monoisotopic (exact) mass is 446 g/mol. The average molecular weight is 447 g/mol. The molecule has 0 bridgehead atoms. The van der Waals surface area contributed by atoms with Crippen LogP contribution in [0.5, 0.6) is 5.75 Å². The molecule has 0 heterocycles. The number of alkyl carbamates (subject to hydrolysis) is 1. The van der Waals surface area contributed by atoms with Crippen molar-refractivity contribution in [3.05, 3.63) is 33.3 Å². The molecule has 1 amide bonds. The summed E-state index contributed by atoms with van der Waals surface area (Å²) in [5.41, 5.74) is -1.30. The van der Waals surface area contributed by atoms with Gasteiger partial charge in [0.25, 0.3) is 0 Å². The summed E-state index contributed by atoms with van der Waals surface area (Å²) in [6.45, 7) is 4.87. The first-order chi connectivity index (χ1) is 13.9. The highest BCUT2D eigenvalue weighted by Crippen LogP contribution is 2.31. The fourth-order valence-electron chi connectivity index (χ4n) is 2.23. The predicted octanol–water partition coefficient (Wildman–Crippen LogP) is 2.63. The van der Waals surface area contributed by atoms with Crippen LogP contribution < -0.4 is 10.1 Å². The van der Waals surface area contributed by atoms with Gasteiger partial charge in [0.1, 0.15) is 11.6 Å². The highest BCUT2D eigenvalue weighted by molar-refractivity contribution is 6.30. The zero-order valence-corrected chi connectivity index (χ0v) is 17.8. The van der Waals surface area contributed by atoms with E-state index in [9.17, 15) is 24.5 Å². The van der Waals surface area contributed by atoms with E-state index in [1.165, 1.54) is 6.07 Å². The molecule has 0 aliphatic heterocycles. The molecule has 0 unspecified atom stereocenters. The third-order valence-electron chi connectivity index (χ3n) is 3.48. The number of benzene rings is 1. The van der Waals surface area contributed by atoms with Crippen molar-refractivity contribution >= 4 is 35.3 Å². The molecule has 0 saturated heterocycles. The summed E-state index contributed by atoms with van der Waals surface area (Å²) < 4.78 is 19.8. The number of esters is 2. The van der Waals surface area contributed by atoms with Gasteiger partial charge in [-0.2, -0.15) is 0 Å². The van der Waals surface area contributed by atoms with E-state index in [1.807, 2.05) is 0 Å². The number of nitrogens with one attached hydrogen (secondary N) is 1. The SMILES string of the molecule is COC(=O)[C@H](C[C@H](Oc1cc(Cl)ccc1[N+](=O)[O-])C(=O)OC)NC(=O)OC(C)(C)C.